The lowest BCUT2D eigenvalue weighted by molar-refractivity contribution is 0.573. The highest BCUT2D eigenvalue weighted by atomic mass is 19.1. The quantitative estimate of drug-likeness (QED) is 0.912. The van der Waals surface area contributed by atoms with Crippen molar-refractivity contribution in [1.29, 1.82) is 0 Å². The fourth-order valence-electron chi connectivity index (χ4n) is 2.20. The molecule has 2 aromatic carbocycles. The minimum Gasteiger partial charge on any atom is -0.366 e. The molecule has 0 fully saturated rings. The summed E-state index contributed by atoms with van der Waals surface area (Å²) in [6, 6.07) is 14.8. The zero-order valence-corrected chi connectivity index (χ0v) is 11.3. The van der Waals surface area contributed by atoms with E-state index in [1.807, 2.05) is 49.2 Å². The van der Waals surface area contributed by atoms with Gasteiger partial charge in [0, 0.05) is 24.8 Å². The lowest BCUT2D eigenvalue weighted by atomic mass is 10.0. The number of hydrogen-bond donors (Lipinski definition) is 1. The molecule has 0 heterocycles. The maximum absolute atomic E-state index is 13.9. The van der Waals surface area contributed by atoms with E-state index in [2.05, 4.69) is 0 Å². The molecule has 0 aliphatic carbocycles. The number of rotatable bonds is 4. The Hall–Kier alpha value is -1.87. The monoisotopic (exact) mass is 258 g/mol. The molecule has 1 unspecified atom stereocenters. The van der Waals surface area contributed by atoms with E-state index in [9.17, 15) is 4.39 Å². The van der Waals surface area contributed by atoms with Crippen LogP contribution in [0.25, 0.3) is 0 Å². The zero-order valence-electron chi connectivity index (χ0n) is 11.3. The Morgan fingerprint density at radius 2 is 1.74 bits per heavy atom. The van der Waals surface area contributed by atoms with E-state index < -0.39 is 0 Å². The third-order valence-corrected chi connectivity index (χ3v) is 3.40. The van der Waals surface area contributed by atoms with Crippen molar-refractivity contribution < 1.29 is 4.39 Å². The van der Waals surface area contributed by atoms with Gasteiger partial charge in [0.1, 0.15) is 5.82 Å². The van der Waals surface area contributed by atoms with Crippen molar-refractivity contribution in [3.8, 4) is 0 Å². The molecule has 0 aliphatic rings. The van der Waals surface area contributed by atoms with Crippen LogP contribution in [0.5, 0.6) is 0 Å². The first-order chi connectivity index (χ1) is 9.13. The van der Waals surface area contributed by atoms with Crippen LogP contribution in [0.4, 0.5) is 10.1 Å². The van der Waals surface area contributed by atoms with Gasteiger partial charge in [0.25, 0.3) is 0 Å². The topological polar surface area (TPSA) is 29.3 Å². The summed E-state index contributed by atoms with van der Waals surface area (Å²) < 4.78 is 13.9. The molecule has 19 heavy (non-hydrogen) atoms. The second-order valence-electron chi connectivity index (χ2n) is 4.72. The molecular weight excluding hydrogens is 239 g/mol. The second kappa shape index (κ2) is 5.85. The summed E-state index contributed by atoms with van der Waals surface area (Å²) in [6.07, 6.45) is 0. The van der Waals surface area contributed by atoms with Gasteiger partial charge in [-0.05, 0) is 25.1 Å². The summed E-state index contributed by atoms with van der Waals surface area (Å²) >= 11 is 0. The van der Waals surface area contributed by atoms with E-state index >= 15 is 0 Å². The van der Waals surface area contributed by atoms with E-state index in [1.54, 1.807) is 12.1 Å². The van der Waals surface area contributed by atoms with Gasteiger partial charge in [-0.1, -0.05) is 35.9 Å². The van der Waals surface area contributed by atoms with Crippen molar-refractivity contribution in [2.24, 2.45) is 5.73 Å². The van der Waals surface area contributed by atoms with Gasteiger partial charge in [-0.2, -0.15) is 0 Å². The van der Waals surface area contributed by atoms with Crippen LogP contribution in [-0.2, 0) is 0 Å². The molecule has 0 radical (unpaired) electrons. The molecular formula is C16H19FN2. The Bertz CT molecular complexity index is 537. The molecule has 2 N–H and O–H groups in total. The average molecular weight is 258 g/mol. The third-order valence-electron chi connectivity index (χ3n) is 3.40. The first-order valence-electron chi connectivity index (χ1n) is 6.37. The first-order valence-corrected chi connectivity index (χ1v) is 6.37. The Labute approximate surface area is 113 Å². The van der Waals surface area contributed by atoms with Gasteiger partial charge in [0.05, 0.1) is 6.04 Å². The van der Waals surface area contributed by atoms with Gasteiger partial charge in [0.15, 0.2) is 0 Å². The molecule has 0 saturated carbocycles. The van der Waals surface area contributed by atoms with Gasteiger partial charge in [-0.3, -0.25) is 0 Å². The van der Waals surface area contributed by atoms with Crippen LogP contribution >= 0.6 is 0 Å². The predicted molar refractivity (Wildman–Crippen MR) is 77.8 cm³/mol. The minimum absolute atomic E-state index is 0.163. The van der Waals surface area contributed by atoms with Crippen molar-refractivity contribution in [3.63, 3.8) is 0 Å². The molecule has 0 bridgehead atoms. The first kappa shape index (κ1) is 13.6. The van der Waals surface area contributed by atoms with E-state index in [1.165, 1.54) is 11.6 Å². The molecule has 0 amide bonds. The summed E-state index contributed by atoms with van der Waals surface area (Å²) in [4.78, 5) is 2.01. The van der Waals surface area contributed by atoms with E-state index in [4.69, 9.17) is 5.73 Å². The summed E-state index contributed by atoms with van der Waals surface area (Å²) in [5, 5.41) is 0. The Morgan fingerprint density at radius 1 is 1.11 bits per heavy atom. The average Bonchev–Trinajstić information content (AvgIpc) is 2.42. The van der Waals surface area contributed by atoms with E-state index in [0.29, 0.717) is 12.1 Å². The number of likely N-dealkylation sites (N-methyl/N-ethyl adjacent to an activating group) is 1. The van der Waals surface area contributed by atoms with Crippen molar-refractivity contribution in [1.82, 2.24) is 0 Å². The minimum atomic E-state index is -0.211. The molecule has 1 atom stereocenters. The van der Waals surface area contributed by atoms with Crippen molar-refractivity contribution in [3.05, 3.63) is 65.5 Å². The number of aryl methyl sites for hydroxylation is 1. The van der Waals surface area contributed by atoms with Gasteiger partial charge in [0.2, 0.25) is 0 Å². The molecule has 0 aromatic heterocycles. The highest BCUT2D eigenvalue weighted by molar-refractivity contribution is 5.49. The van der Waals surface area contributed by atoms with Gasteiger partial charge < -0.3 is 10.6 Å². The molecule has 2 nitrogen and oxygen atoms in total. The van der Waals surface area contributed by atoms with Crippen LogP contribution in [0.2, 0.25) is 0 Å². The normalized spacial score (nSPS) is 12.2. The standard InChI is InChI=1S/C16H19FN2/c1-12-7-9-13(10-8-12)19(2)16(11-18)14-5-3-4-6-15(14)17/h3-10,16H,11,18H2,1-2H3. The van der Waals surface area contributed by atoms with Crippen LogP contribution in [0, 0.1) is 12.7 Å². The molecule has 100 valence electrons. The molecule has 2 aromatic rings. The van der Waals surface area contributed by atoms with Crippen molar-refractivity contribution in [2.75, 3.05) is 18.5 Å². The SMILES string of the molecule is Cc1ccc(N(C)C(CN)c2ccccc2F)cc1. The van der Waals surface area contributed by atoms with Crippen LogP contribution in [-0.4, -0.2) is 13.6 Å². The second-order valence-corrected chi connectivity index (χ2v) is 4.72. The molecule has 3 heteroatoms. The lowest BCUT2D eigenvalue weighted by Gasteiger charge is -2.29. The fourth-order valence-corrected chi connectivity index (χ4v) is 2.20. The molecule has 2 rings (SSSR count). The fraction of sp³-hybridized carbons (Fsp3) is 0.250. The summed E-state index contributed by atoms with van der Waals surface area (Å²) in [5.74, 6) is -0.211. The number of nitrogens with two attached hydrogens (primary N) is 1. The highest BCUT2D eigenvalue weighted by Gasteiger charge is 2.18. The number of nitrogens with zero attached hydrogens (tertiary/aromatic N) is 1. The predicted octanol–water partition coefficient (Wildman–Crippen LogP) is 3.27. The van der Waals surface area contributed by atoms with Crippen LogP contribution in [0.3, 0.4) is 0 Å². The largest absolute Gasteiger partial charge is 0.366 e. The van der Waals surface area contributed by atoms with E-state index in [-0.39, 0.29) is 11.9 Å². The number of benzene rings is 2. The zero-order chi connectivity index (χ0) is 13.8. The number of hydrogen-bond acceptors (Lipinski definition) is 2. The third kappa shape index (κ3) is 2.93. The van der Waals surface area contributed by atoms with Crippen LogP contribution in [0.15, 0.2) is 48.5 Å². The molecule has 0 aliphatic heterocycles. The Kier molecular flexibility index (Phi) is 4.17. The maximum Gasteiger partial charge on any atom is 0.128 e. The number of anilines is 1. The summed E-state index contributed by atoms with van der Waals surface area (Å²) in [7, 11) is 1.94. The van der Waals surface area contributed by atoms with Crippen LogP contribution < -0.4 is 10.6 Å². The lowest BCUT2D eigenvalue weighted by Crippen LogP contribution is -2.31. The molecule has 0 saturated heterocycles. The van der Waals surface area contributed by atoms with Crippen LogP contribution in [0.1, 0.15) is 17.2 Å². The Morgan fingerprint density at radius 3 is 2.32 bits per heavy atom. The highest BCUT2D eigenvalue weighted by Crippen LogP contribution is 2.26. The van der Waals surface area contributed by atoms with Gasteiger partial charge in [-0.25, -0.2) is 4.39 Å². The summed E-state index contributed by atoms with van der Waals surface area (Å²) in [5.41, 5.74) is 8.70. The summed E-state index contributed by atoms with van der Waals surface area (Å²) in [6.45, 7) is 2.41. The van der Waals surface area contributed by atoms with Gasteiger partial charge in [-0.15, -0.1) is 0 Å². The maximum atomic E-state index is 13.9. The van der Waals surface area contributed by atoms with Crippen molar-refractivity contribution in [2.45, 2.75) is 13.0 Å². The molecule has 0 spiro atoms. The number of halogens is 1. The van der Waals surface area contributed by atoms with Crippen molar-refractivity contribution >= 4 is 5.69 Å². The van der Waals surface area contributed by atoms with E-state index in [0.717, 1.165) is 5.69 Å². The van der Waals surface area contributed by atoms with Gasteiger partial charge >= 0.3 is 0 Å². The smallest absolute Gasteiger partial charge is 0.128 e. The Balaban J connectivity index is 2.32.